The molecule has 0 atom stereocenters. The summed E-state index contributed by atoms with van der Waals surface area (Å²) in [6.07, 6.45) is 1.80. The van der Waals surface area contributed by atoms with Crippen LogP contribution >= 0.6 is 11.8 Å². The third-order valence-corrected chi connectivity index (χ3v) is 4.53. The fourth-order valence-electron chi connectivity index (χ4n) is 2.11. The largest absolute Gasteiger partial charge is 0.497 e. The molecule has 112 valence electrons. The number of rotatable bonds is 5. The number of nitrogens with zero attached hydrogens (tertiary/aromatic N) is 1. The number of allylic oxidation sites excluding steroid dienone is 1. The first-order valence-electron chi connectivity index (χ1n) is 6.97. The molecule has 1 aromatic rings. The highest BCUT2D eigenvalue weighted by Crippen LogP contribution is 2.36. The minimum absolute atomic E-state index is 0.170. The van der Waals surface area contributed by atoms with Gasteiger partial charge in [0.25, 0.3) is 11.1 Å². The number of ether oxygens (including phenoxy) is 1. The second kappa shape index (κ2) is 6.80. The molecule has 21 heavy (non-hydrogen) atoms. The number of hydrogen-bond donors (Lipinski definition) is 0. The summed E-state index contributed by atoms with van der Waals surface area (Å²) in [6, 6.07) is 7.49. The summed E-state index contributed by atoms with van der Waals surface area (Å²) in [5.41, 5.74) is 1.76. The summed E-state index contributed by atoms with van der Waals surface area (Å²) < 4.78 is 5.12. The van der Waals surface area contributed by atoms with E-state index >= 15 is 0 Å². The maximum absolute atomic E-state index is 12.4. The van der Waals surface area contributed by atoms with Gasteiger partial charge in [0, 0.05) is 6.54 Å². The lowest BCUT2D eigenvalue weighted by atomic mass is 10.1. The van der Waals surface area contributed by atoms with Crippen LogP contribution in [0.1, 0.15) is 32.3 Å². The molecule has 4 nitrogen and oxygen atoms in total. The van der Waals surface area contributed by atoms with Crippen LogP contribution in [0.2, 0.25) is 0 Å². The van der Waals surface area contributed by atoms with Gasteiger partial charge in [0.2, 0.25) is 0 Å². The van der Waals surface area contributed by atoms with E-state index in [1.165, 1.54) is 4.90 Å². The van der Waals surface area contributed by atoms with Gasteiger partial charge in [-0.15, -0.1) is 0 Å². The predicted octanol–water partition coefficient (Wildman–Crippen LogP) is 3.92. The third-order valence-electron chi connectivity index (χ3n) is 3.45. The van der Waals surface area contributed by atoms with Crippen molar-refractivity contribution in [1.82, 2.24) is 4.90 Å². The molecule has 2 rings (SSSR count). The molecule has 0 aliphatic carbocycles. The lowest BCUT2D eigenvalue weighted by molar-refractivity contribution is -0.122. The van der Waals surface area contributed by atoms with Crippen LogP contribution in [0.3, 0.4) is 0 Å². The van der Waals surface area contributed by atoms with Gasteiger partial charge in [-0.25, -0.2) is 0 Å². The maximum Gasteiger partial charge on any atom is 0.293 e. The highest BCUT2D eigenvalue weighted by atomic mass is 32.2. The molecule has 1 saturated heterocycles. The molecule has 0 aromatic heterocycles. The quantitative estimate of drug-likeness (QED) is 0.774. The Morgan fingerprint density at radius 3 is 2.48 bits per heavy atom. The van der Waals surface area contributed by atoms with Crippen molar-refractivity contribution in [1.29, 1.82) is 0 Å². The van der Waals surface area contributed by atoms with Gasteiger partial charge in [-0.05, 0) is 48.4 Å². The van der Waals surface area contributed by atoms with E-state index in [1.54, 1.807) is 7.11 Å². The number of imide groups is 1. The molecule has 0 radical (unpaired) electrons. The molecule has 0 unspecified atom stereocenters. The van der Waals surface area contributed by atoms with Crippen LogP contribution in [0.15, 0.2) is 29.2 Å². The van der Waals surface area contributed by atoms with E-state index < -0.39 is 0 Å². The van der Waals surface area contributed by atoms with E-state index in [9.17, 15) is 9.59 Å². The van der Waals surface area contributed by atoms with Crippen LogP contribution in [0.5, 0.6) is 5.75 Å². The van der Waals surface area contributed by atoms with Crippen LogP contribution in [-0.4, -0.2) is 29.7 Å². The van der Waals surface area contributed by atoms with E-state index in [-0.39, 0.29) is 11.1 Å². The Kier molecular flexibility index (Phi) is 5.07. The molecule has 2 amide bonds. The first kappa shape index (κ1) is 15.6. The predicted molar refractivity (Wildman–Crippen MR) is 85.2 cm³/mol. The summed E-state index contributed by atoms with van der Waals surface area (Å²) >= 11 is 1.03. The van der Waals surface area contributed by atoms with Crippen LogP contribution in [-0.2, 0) is 4.79 Å². The van der Waals surface area contributed by atoms with Gasteiger partial charge in [0.15, 0.2) is 0 Å². The van der Waals surface area contributed by atoms with Gasteiger partial charge in [0.05, 0.1) is 12.0 Å². The van der Waals surface area contributed by atoms with Crippen molar-refractivity contribution in [3.63, 3.8) is 0 Å². The molecule has 0 saturated carbocycles. The van der Waals surface area contributed by atoms with Gasteiger partial charge in [-0.3, -0.25) is 14.5 Å². The minimum Gasteiger partial charge on any atom is -0.497 e. The standard InChI is InChI=1S/C16H19NO3S/c1-4-5-10-17-15(18)14(21-16(17)19)11(2)12-6-8-13(20-3)9-7-12/h6-9H,4-5,10H2,1-3H3/b14-11-. The molecule has 0 bridgehead atoms. The molecular weight excluding hydrogens is 286 g/mol. The number of methoxy groups -OCH3 is 1. The van der Waals surface area contributed by atoms with Crippen molar-refractivity contribution in [2.45, 2.75) is 26.7 Å². The van der Waals surface area contributed by atoms with Crippen LogP contribution in [0, 0.1) is 0 Å². The van der Waals surface area contributed by atoms with Crippen LogP contribution < -0.4 is 4.74 Å². The zero-order valence-electron chi connectivity index (χ0n) is 12.5. The minimum atomic E-state index is -0.174. The average Bonchev–Trinajstić information content (AvgIpc) is 2.79. The lowest BCUT2D eigenvalue weighted by Crippen LogP contribution is -2.29. The Morgan fingerprint density at radius 1 is 1.24 bits per heavy atom. The summed E-state index contributed by atoms with van der Waals surface area (Å²) in [7, 11) is 1.61. The van der Waals surface area contributed by atoms with Crippen molar-refractivity contribution in [3.05, 3.63) is 34.7 Å². The molecule has 1 fully saturated rings. The Labute approximate surface area is 129 Å². The van der Waals surface area contributed by atoms with Gasteiger partial charge in [-0.2, -0.15) is 0 Å². The van der Waals surface area contributed by atoms with Crippen LogP contribution in [0.4, 0.5) is 4.79 Å². The normalized spacial score (nSPS) is 17.4. The first-order chi connectivity index (χ1) is 10.1. The molecule has 1 heterocycles. The molecule has 1 aromatic carbocycles. The van der Waals surface area contributed by atoms with Crippen molar-refractivity contribution >= 4 is 28.5 Å². The Balaban J connectivity index is 2.26. The van der Waals surface area contributed by atoms with Gasteiger partial charge in [0.1, 0.15) is 5.75 Å². The topological polar surface area (TPSA) is 46.6 Å². The Morgan fingerprint density at radius 2 is 1.90 bits per heavy atom. The second-order valence-electron chi connectivity index (χ2n) is 4.86. The van der Waals surface area contributed by atoms with E-state index in [0.717, 1.165) is 41.5 Å². The van der Waals surface area contributed by atoms with E-state index in [2.05, 4.69) is 0 Å². The highest BCUT2D eigenvalue weighted by Gasteiger charge is 2.35. The highest BCUT2D eigenvalue weighted by molar-refractivity contribution is 8.18. The van der Waals surface area contributed by atoms with Gasteiger partial charge >= 0.3 is 0 Å². The second-order valence-corrected chi connectivity index (χ2v) is 5.82. The number of hydrogen-bond acceptors (Lipinski definition) is 4. The number of amides is 2. The average molecular weight is 305 g/mol. The number of carbonyl (C=O) groups excluding carboxylic acids is 2. The van der Waals surface area contributed by atoms with E-state index in [4.69, 9.17) is 4.74 Å². The van der Waals surface area contributed by atoms with Crippen molar-refractivity contribution in [2.24, 2.45) is 0 Å². The van der Waals surface area contributed by atoms with E-state index in [1.807, 2.05) is 38.1 Å². The summed E-state index contributed by atoms with van der Waals surface area (Å²) in [4.78, 5) is 26.2. The smallest absolute Gasteiger partial charge is 0.293 e. The first-order valence-corrected chi connectivity index (χ1v) is 7.79. The molecule has 1 aliphatic heterocycles. The zero-order valence-corrected chi connectivity index (χ0v) is 13.3. The number of thioether (sulfide) groups is 1. The van der Waals surface area contributed by atoms with Crippen molar-refractivity contribution < 1.29 is 14.3 Å². The lowest BCUT2D eigenvalue weighted by Gasteiger charge is -2.11. The van der Waals surface area contributed by atoms with Crippen molar-refractivity contribution in [3.8, 4) is 5.75 Å². The summed E-state index contributed by atoms with van der Waals surface area (Å²) in [5.74, 6) is 0.592. The molecule has 0 N–H and O–H groups in total. The number of benzene rings is 1. The fourth-order valence-corrected chi connectivity index (χ4v) is 3.04. The number of carbonyl (C=O) groups is 2. The van der Waals surface area contributed by atoms with Crippen LogP contribution in [0.25, 0.3) is 5.57 Å². The summed E-state index contributed by atoms with van der Waals surface area (Å²) in [6.45, 7) is 4.41. The number of unbranched alkanes of at least 4 members (excludes halogenated alkanes) is 1. The Bertz CT molecular complexity index is 578. The summed E-state index contributed by atoms with van der Waals surface area (Å²) in [5, 5.41) is -0.170. The van der Waals surface area contributed by atoms with E-state index in [0.29, 0.717) is 11.4 Å². The SMILES string of the molecule is CCCCN1C(=O)S/C(=C(/C)c2ccc(OC)cc2)C1=O. The molecule has 0 spiro atoms. The molecular formula is C16H19NO3S. The third kappa shape index (κ3) is 3.29. The van der Waals surface area contributed by atoms with Gasteiger partial charge in [-0.1, -0.05) is 25.5 Å². The molecule has 5 heteroatoms. The zero-order chi connectivity index (χ0) is 15.4. The van der Waals surface area contributed by atoms with Crippen molar-refractivity contribution in [2.75, 3.05) is 13.7 Å². The van der Waals surface area contributed by atoms with Gasteiger partial charge < -0.3 is 4.74 Å². The monoisotopic (exact) mass is 305 g/mol. The Hall–Kier alpha value is -1.75. The fraction of sp³-hybridized carbons (Fsp3) is 0.375. The maximum atomic E-state index is 12.4. The molecule has 1 aliphatic rings.